The van der Waals surface area contributed by atoms with Crippen LogP contribution in [0.3, 0.4) is 0 Å². The van der Waals surface area contributed by atoms with Crippen LogP contribution in [0.4, 0.5) is 0 Å². The number of halogens is 1. The fourth-order valence-electron chi connectivity index (χ4n) is 1.82. The fourth-order valence-corrected chi connectivity index (χ4v) is 2.50. The zero-order valence-electron chi connectivity index (χ0n) is 10.6. The Bertz CT molecular complexity index is 417. The van der Waals surface area contributed by atoms with Crippen LogP contribution in [0.2, 0.25) is 0 Å². The molecule has 0 heterocycles. The number of hydrogen-bond acceptors (Lipinski definition) is 2. The van der Waals surface area contributed by atoms with Crippen molar-refractivity contribution < 1.29 is 9.84 Å². The quantitative estimate of drug-likeness (QED) is 0.917. The molecule has 17 heavy (non-hydrogen) atoms. The summed E-state index contributed by atoms with van der Waals surface area (Å²) in [6.07, 6.45) is 2.53. The lowest BCUT2D eigenvalue weighted by Crippen LogP contribution is -2.18. The monoisotopic (exact) mass is 298 g/mol. The topological polar surface area (TPSA) is 29.5 Å². The molecule has 3 heteroatoms. The Balaban J connectivity index is 2.32. The summed E-state index contributed by atoms with van der Waals surface area (Å²) in [5.74, 6) is 1.49. The fraction of sp³-hybridized carbons (Fsp3) is 0.571. The minimum absolute atomic E-state index is 0.706. The van der Waals surface area contributed by atoms with Crippen molar-refractivity contribution in [1.82, 2.24) is 0 Å². The van der Waals surface area contributed by atoms with Gasteiger partial charge < -0.3 is 9.84 Å². The molecule has 0 bridgehead atoms. The molecule has 0 aliphatic heterocycles. The zero-order valence-corrected chi connectivity index (χ0v) is 12.2. The maximum atomic E-state index is 10.2. The van der Waals surface area contributed by atoms with Crippen molar-refractivity contribution in [3.05, 3.63) is 27.7 Å². The van der Waals surface area contributed by atoms with Gasteiger partial charge in [-0.05, 0) is 73.2 Å². The molecule has 0 spiro atoms. The summed E-state index contributed by atoms with van der Waals surface area (Å²) in [4.78, 5) is 0. The molecule has 0 atom stereocenters. The Morgan fingerprint density at radius 2 is 2.06 bits per heavy atom. The number of aliphatic hydroxyl groups is 1. The highest BCUT2D eigenvalue weighted by atomic mass is 79.9. The maximum Gasteiger partial charge on any atom is 0.139 e. The van der Waals surface area contributed by atoms with Crippen LogP contribution in [-0.2, 0) is 5.60 Å². The standard InChI is InChI=1S/C14H19BrO2/c1-9-6-11(14(2,3)16)13(12(15)7-9)17-8-10-4-5-10/h6-7,10,16H,4-5,8H2,1-3H3. The molecular weight excluding hydrogens is 280 g/mol. The third kappa shape index (κ3) is 3.23. The lowest BCUT2D eigenvalue weighted by Gasteiger charge is -2.23. The van der Waals surface area contributed by atoms with Gasteiger partial charge in [-0.15, -0.1) is 0 Å². The van der Waals surface area contributed by atoms with Crippen LogP contribution in [0.15, 0.2) is 16.6 Å². The average Bonchev–Trinajstić information content (AvgIpc) is 2.97. The second kappa shape index (κ2) is 4.62. The van der Waals surface area contributed by atoms with Crippen molar-refractivity contribution in [2.75, 3.05) is 6.61 Å². The second-order valence-electron chi connectivity index (χ2n) is 5.44. The van der Waals surface area contributed by atoms with E-state index in [1.165, 1.54) is 12.8 Å². The number of rotatable bonds is 4. The van der Waals surface area contributed by atoms with Gasteiger partial charge in [-0.1, -0.05) is 0 Å². The van der Waals surface area contributed by atoms with E-state index in [0.717, 1.165) is 28.0 Å². The van der Waals surface area contributed by atoms with Gasteiger partial charge in [0.2, 0.25) is 0 Å². The van der Waals surface area contributed by atoms with Gasteiger partial charge >= 0.3 is 0 Å². The van der Waals surface area contributed by atoms with Crippen LogP contribution < -0.4 is 4.74 Å². The van der Waals surface area contributed by atoms with Gasteiger partial charge in [0.25, 0.3) is 0 Å². The van der Waals surface area contributed by atoms with Gasteiger partial charge in [0.05, 0.1) is 16.7 Å². The molecule has 0 amide bonds. The van der Waals surface area contributed by atoms with Crippen LogP contribution in [0.5, 0.6) is 5.75 Å². The van der Waals surface area contributed by atoms with Crippen LogP contribution >= 0.6 is 15.9 Å². The average molecular weight is 299 g/mol. The summed E-state index contributed by atoms with van der Waals surface area (Å²) in [6, 6.07) is 4.02. The van der Waals surface area contributed by atoms with E-state index in [2.05, 4.69) is 15.9 Å². The van der Waals surface area contributed by atoms with Crippen molar-refractivity contribution in [2.45, 2.75) is 39.2 Å². The molecule has 2 rings (SSSR count). The highest BCUT2D eigenvalue weighted by Crippen LogP contribution is 2.38. The summed E-state index contributed by atoms with van der Waals surface area (Å²) in [6.45, 7) is 6.35. The Hall–Kier alpha value is -0.540. The van der Waals surface area contributed by atoms with Crippen molar-refractivity contribution in [3.8, 4) is 5.75 Å². The van der Waals surface area contributed by atoms with E-state index in [1.807, 2.05) is 19.1 Å². The minimum atomic E-state index is -0.882. The van der Waals surface area contributed by atoms with Gasteiger partial charge in [0.1, 0.15) is 5.75 Å². The van der Waals surface area contributed by atoms with E-state index in [4.69, 9.17) is 4.74 Å². The van der Waals surface area contributed by atoms with Gasteiger partial charge in [-0.25, -0.2) is 0 Å². The van der Waals surface area contributed by atoms with Gasteiger partial charge in [-0.3, -0.25) is 0 Å². The molecule has 1 aliphatic rings. The molecule has 1 N–H and O–H groups in total. The molecule has 1 aromatic rings. The van der Waals surface area contributed by atoms with Crippen molar-refractivity contribution in [2.24, 2.45) is 5.92 Å². The van der Waals surface area contributed by atoms with E-state index in [9.17, 15) is 5.11 Å². The highest BCUT2D eigenvalue weighted by Gasteiger charge is 2.26. The maximum absolute atomic E-state index is 10.2. The first-order valence-corrected chi connectivity index (χ1v) is 6.83. The second-order valence-corrected chi connectivity index (χ2v) is 6.29. The van der Waals surface area contributed by atoms with E-state index >= 15 is 0 Å². The van der Waals surface area contributed by atoms with Gasteiger partial charge in [-0.2, -0.15) is 0 Å². The molecule has 0 unspecified atom stereocenters. The van der Waals surface area contributed by atoms with Crippen molar-refractivity contribution >= 4 is 15.9 Å². The number of hydrogen-bond donors (Lipinski definition) is 1. The van der Waals surface area contributed by atoms with E-state index < -0.39 is 5.60 Å². The first kappa shape index (κ1) is 12.9. The molecule has 0 aromatic heterocycles. The Kier molecular flexibility index (Phi) is 3.50. The Morgan fingerprint density at radius 3 is 2.59 bits per heavy atom. The largest absolute Gasteiger partial charge is 0.492 e. The molecule has 0 saturated heterocycles. The van der Waals surface area contributed by atoms with E-state index in [1.54, 1.807) is 13.8 Å². The summed E-state index contributed by atoms with van der Waals surface area (Å²) in [5.41, 5.74) is 1.09. The van der Waals surface area contributed by atoms with Crippen molar-refractivity contribution in [3.63, 3.8) is 0 Å². The third-order valence-electron chi connectivity index (χ3n) is 3.01. The Labute approximate surface area is 111 Å². The highest BCUT2D eigenvalue weighted by molar-refractivity contribution is 9.10. The Morgan fingerprint density at radius 1 is 1.41 bits per heavy atom. The molecule has 1 saturated carbocycles. The van der Waals surface area contributed by atoms with Crippen LogP contribution in [0.25, 0.3) is 0 Å². The van der Waals surface area contributed by atoms with Crippen molar-refractivity contribution in [1.29, 1.82) is 0 Å². The number of aryl methyl sites for hydroxylation is 1. The molecule has 1 aliphatic carbocycles. The summed E-state index contributed by atoms with van der Waals surface area (Å²) < 4.78 is 6.79. The molecule has 0 radical (unpaired) electrons. The SMILES string of the molecule is Cc1cc(Br)c(OCC2CC2)c(C(C)(C)O)c1. The number of benzene rings is 1. The van der Waals surface area contributed by atoms with E-state index in [0.29, 0.717) is 5.92 Å². The smallest absolute Gasteiger partial charge is 0.139 e. The zero-order chi connectivity index (χ0) is 12.6. The molecule has 94 valence electrons. The van der Waals surface area contributed by atoms with Crippen LogP contribution in [0, 0.1) is 12.8 Å². The predicted octanol–water partition coefficient (Wildman–Crippen LogP) is 3.77. The normalized spacial score (nSPS) is 16.1. The molecule has 1 aromatic carbocycles. The predicted molar refractivity (Wildman–Crippen MR) is 72.3 cm³/mol. The van der Waals surface area contributed by atoms with Crippen LogP contribution in [0.1, 0.15) is 37.8 Å². The lowest BCUT2D eigenvalue weighted by molar-refractivity contribution is 0.0743. The summed E-state index contributed by atoms with van der Waals surface area (Å²) in [5, 5.41) is 10.2. The third-order valence-corrected chi connectivity index (χ3v) is 3.60. The molecule has 1 fully saturated rings. The number of ether oxygens (including phenoxy) is 1. The molecule has 2 nitrogen and oxygen atoms in total. The first-order valence-electron chi connectivity index (χ1n) is 6.03. The van der Waals surface area contributed by atoms with Crippen LogP contribution in [-0.4, -0.2) is 11.7 Å². The van der Waals surface area contributed by atoms with E-state index in [-0.39, 0.29) is 0 Å². The first-order chi connectivity index (χ1) is 7.88. The lowest BCUT2D eigenvalue weighted by atomic mass is 9.95. The minimum Gasteiger partial charge on any atom is -0.492 e. The van der Waals surface area contributed by atoms with Gasteiger partial charge in [0, 0.05) is 5.56 Å². The molecular formula is C14H19BrO2. The summed E-state index contributed by atoms with van der Waals surface area (Å²) in [7, 11) is 0. The van der Waals surface area contributed by atoms with Gasteiger partial charge in [0.15, 0.2) is 0 Å². The summed E-state index contributed by atoms with van der Waals surface area (Å²) >= 11 is 3.52.